The summed E-state index contributed by atoms with van der Waals surface area (Å²) >= 11 is 5.41. The number of thiol groups is 1. The van der Waals surface area contributed by atoms with Gasteiger partial charge in [-0.05, 0) is 12.5 Å². The van der Waals surface area contributed by atoms with Crippen LogP contribution in [-0.2, 0) is 0 Å². The Morgan fingerprint density at radius 1 is 1.10 bits per heavy atom. The highest BCUT2D eigenvalue weighted by Crippen LogP contribution is 2.18. The minimum absolute atomic E-state index is 0.458. The van der Waals surface area contributed by atoms with Crippen molar-refractivity contribution in [3.05, 3.63) is 13.2 Å². The maximum absolute atomic E-state index is 3.53. The van der Waals surface area contributed by atoms with Crippen molar-refractivity contribution < 1.29 is 0 Å². The van der Waals surface area contributed by atoms with Crippen molar-refractivity contribution in [1.29, 1.82) is 0 Å². The van der Waals surface area contributed by atoms with E-state index in [0.29, 0.717) is 4.75 Å². The third-order valence-corrected chi connectivity index (χ3v) is 1.84. The van der Waals surface area contributed by atoms with Gasteiger partial charge in [0, 0.05) is 4.75 Å². The summed E-state index contributed by atoms with van der Waals surface area (Å²) in [5, 5.41) is 0. The van der Waals surface area contributed by atoms with Crippen LogP contribution >= 0.6 is 24.4 Å². The zero-order valence-electron chi connectivity index (χ0n) is 7.77. The molecule has 0 spiro atoms. The molecule has 0 rings (SSSR count). The van der Waals surface area contributed by atoms with Gasteiger partial charge in [0.1, 0.15) is 0 Å². The molecule has 0 aromatic heterocycles. The van der Waals surface area contributed by atoms with Crippen LogP contribution in [0.3, 0.4) is 0 Å². The molecule has 0 atom stereocenters. The summed E-state index contributed by atoms with van der Waals surface area (Å²) < 4.78 is 0.458. The molecular formula is C8H20S2. The third-order valence-electron chi connectivity index (χ3n) is 0.612. The molecular weight excluding hydrogens is 160 g/mol. The lowest BCUT2D eigenvalue weighted by Crippen LogP contribution is -2.04. The van der Waals surface area contributed by atoms with Crippen LogP contribution in [-0.4, -0.2) is 17.3 Å². The summed E-state index contributed by atoms with van der Waals surface area (Å²) in [7, 11) is 0. The molecule has 0 heterocycles. The first kappa shape index (κ1) is 16.8. The van der Waals surface area contributed by atoms with Crippen LogP contribution in [0, 0.1) is 0 Å². The predicted molar refractivity (Wildman–Crippen MR) is 59.4 cm³/mol. The molecule has 0 aromatic rings. The molecule has 64 valence electrons. The molecule has 2 heteroatoms. The van der Waals surface area contributed by atoms with Crippen molar-refractivity contribution in [2.45, 2.75) is 25.5 Å². The monoisotopic (exact) mass is 180 g/mol. The molecule has 0 radical (unpaired) electrons. The van der Waals surface area contributed by atoms with Crippen molar-refractivity contribution in [2.24, 2.45) is 0 Å². The summed E-state index contributed by atoms with van der Waals surface area (Å²) in [5.74, 6) is 0. The molecule has 0 aliphatic heterocycles. The second kappa shape index (κ2) is 12.1. The Balaban J connectivity index is -0.000000105. The fraction of sp³-hybridized carbons (Fsp3) is 0.750. The van der Waals surface area contributed by atoms with E-state index in [4.69, 9.17) is 0 Å². The summed E-state index contributed by atoms with van der Waals surface area (Å²) in [6, 6.07) is 0. The van der Waals surface area contributed by atoms with E-state index in [1.807, 2.05) is 11.8 Å². The van der Waals surface area contributed by atoms with Crippen molar-refractivity contribution in [3.8, 4) is 0 Å². The summed E-state index contributed by atoms with van der Waals surface area (Å²) in [6.45, 7) is 12.6. The zero-order chi connectivity index (χ0) is 9.21. The van der Waals surface area contributed by atoms with Gasteiger partial charge in [0.25, 0.3) is 0 Å². The fourth-order valence-corrected chi connectivity index (χ4v) is 0. The number of rotatable bonds is 0. The molecule has 0 bridgehead atoms. The average Bonchev–Trinajstić information content (AvgIpc) is 1.95. The second-order valence-electron chi connectivity index (χ2n) is 2.32. The SMILES string of the molecule is C=C.CS.CSC(C)(C)C. The van der Waals surface area contributed by atoms with E-state index in [2.05, 4.69) is 52.8 Å². The topological polar surface area (TPSA) is 0 Å². The number of thioether (sulfide) groups is 1. The fourth-order valence-electron chi connectivity index (χ4n) is 0. The predicted octanol–water partition coefficient (Wildman–Crippen LogP) is 3.50. The molecule has 0 fully saturated rings. The first-order chi connectivity index (χ1) is 4.56. The normalized spacial score (nSPS) is 8.20. The van der Waals surface area contributed by atoms with Gasteiger partial charge in [0.2, 0.25) is 0 Å². The first-order valence-corrected chi connectivity index (χ1v) is 5.18. The molecule has 0 amide bonds. The largest absolute Gasteiger partial charge is 0.183 e. The lowest BCUT2D eigenvalue weighted by molar-refractivity contribution is 0.806. The van der Waals surface area contributed by atoms with E-state index in [0.717, 1.165) is 0 Å². The first-order valence-electron chi connectivity index (χ1n) is 3.06. The third kappa shape index (κ3) is 39.5. The van der Waals surface area contributed by atoms with Crippen molar-refractivity contribution in [1.82, 2.24) is 0 Å². The van der Waals surface area contributed by atoms with Crippen LogP contribution in [0.25, 0.3) is 0 Å². The van der Waals surface area contributed by atoms with Gasteiger partial charge in [-0.1, -0.05) is 20.8 Å². The van der Waals surface area contributed by atoms with Crippen molar-refractivity contribution in [3.63, 3.8) is 0 Å². The van der Waals surface area contributed by atoms with E-state index in [9.17, 15) is 0 Å². The Morgan fingerprint density at radius 3 is 1.20 bits per heavy atom. The van der Waals surface area contributed by atoms with Crippen LogP contribution in [0.4, 0.5) is 0 Å². The molecule has 0 nitrogen and oxygen atoms in total. The lowest BCUT2D eigenvalue weighted by Gasteiger charge is -2.12. The minimum atomic E-state index is 0.458. The second-order valence-corrected chi connectivity index (χ2v) is 3.95. The van der Waals surface area contributed by atoms with Gasteiger partial charge in [0.05, 0.1) is 0 Å². The van der Waals surface area contributed by atoms with Gasteiger partial charge in [-0.15, -0.1) is 13.2 Å². The smallest absolute Gasteiger partial charge is 0.00723 e. The molecule has 0 saturated heterocycles. The highest BCUT2D eigenvalue weighted by molar-refractivity contribution is 7.99. The van der Waals surface area contributed by atoms with Gasteiger partial charge in [-0.3, -0.25) is 0 Å². The average molecular weight is 180 g/mol. The maximum Gasteiger partial charge on any atom is 0.00723 e. The van der Waals surface area contributed by atoms with Crippen molar-refractivity contribution >= 4 is 24.4 Å². The van der Waals surface area contributed by atoms with Gasteiger partial charge >= 0.3 is 0 Å². The molecule has 10 heavy (non-hydrogen) atoms. The summed E-state index contributed by atoms with van der Waals surface area (Å²) in [5.41, 5.74) is 0. The van der Waals surface area contributed by atoms with Gasteiger partial charge in [-0.2, -0.15) is 24.4 Å². The van der Waals surface area contributed by atoms with E-state index < -0.39 is 0 Å². The maximum atomic E-state index is 3.53. The molecule has 0 saturated carbocycles. The summed E-state index contributed by atoms with van der Waals surface area (Å²) in [6.07, 6.45) is 3.82. The molecule has 0 aliphatic rings. The van der Waals surface area contributed by atoms with Crippen molar-refractivity contribution in [2.75, 3.05) is 12.5 Å². The lowest BCUT2D eigenvalue weighted by atomic mass is 10.3. The van der Waals surface area contributed by atoms with E-state index in [1.165, 1.54) is 0 Å². The van der Waals surface area contributed by atoms with Crippen LogP contribution < -0.4 is 0 Å². The molecule has 0 N–H and O–H groups in total. The highest BCUT2D eigenvalue weighted by Gasteiger charge is 2.04. The zero-order valence-corrected chi connectivity index (χ0v) is 9.48. The molecule has 0 unspecified atom stereocenters. The number of hydrogen-bond acceptors (Lipinski definition) is 2. The standard InChI is InChI=1S/C5H12S.C2H4.CH4S/c1-5(2,3)6-4;2*1-2/h1-4H3;1-2H2;2H,1H3. The Bertz CT molecular complexity index is 45.7. The van der Waals surface area contributed by atoms with E-state index in [1.54, 1.807) is 6.26 Å². The Labute approximate surface area is 75.9 Å². The van der Waals surface area contributed by atoms with Gasteiger partial charge in [0.15, 0.2) is 0 Å². The minimum Gasteiger partial charge on any atom is -0.183 e. The van der Waals surface area contributed by atoms with Crippen LogP contribution in [0.2, 0.25) is 0 Å². The quantitative estimate of drug-likeness (QED) is 0.440. The Hall–Kier alpha value is 0.440. The van der Waals surface area contributed by atoms with Gasteiger partial charge in [-0.25, -0.2) is 0 Å². The highest BCUT2D eigenvalue weighted by atomic mass is 32.2. The van der Waals surface area contributed by atoms with E-state index >= 15 is 0 Å². The van der Waals surface area contributed by atoms with Crippen LogP contribution in [0.5, 0.6) is 0 Å². The van der Waals surface area contributed by atoms with E-state index in [-0.39, 0.29) is 0 Å². The van der Waals surface area contributed by atoms with Crippen LogP contribution in [0.15, 0.2) is 13.2 Å². The van der Waals surface area contributed by atoms with Crippen LogP contribution in [0.1, 0.15) is 20.8 Å². The Morgan fingerprint density at radius 2 is 1.20 bits per heavy atom. The molecule has 0 aliphatic carbocycles. The molecule has 0 aromatic carbocycles. The number of hydrogen-bond donors (Lipinski definition) is 1. The summed E-state index contributed by atoms with van der Waals surface area (Å²) in [4.78, 5) is 0. The Kier molecular flexibility index (Phi) is 20.4. The van der Waals surface area contributed by atoms with Gasteiger partial charge < -0.3 is 0 Å².